The summed E-state index contributed by atoms with van der Waals surface area (Å²) in [6.45, 7) is 19.4. The van der Waals surface area contributed by atoms with Crippen molar-refractivity contribution in [1.82, 2.24) is 9.80 Å². The predicted octanol–water partition coefficient (Wildman–Crippen LogP) is 4.26. The third-order valence-corrected chi connectivity index (χ3v) is 4.09. The van der Waals surface area contributed by atoms with Gasteiger partial charge < -0.3 is 9.80 Å². The van der Waals surface area contributed by atoms with Gasteiger partial charge in [-0.1, -0.05) is 27.7 Å². The number of nitrogens with zero attached hydrogens (tertiary/aromatic N) is 2. The molecule has 0 radical (unpaired) electrons. The summed E-state index contributed by atoms with van der Waals surface area (Å²) in [6, 6.07) is 0.748. The van der Waals surface area contributed by atoms with E-state index in [9.17, 15) is 0 Å². The molecule has 0 spiro atoms. The molecule has 0 aromatic heterocycles. The molecular weight excluding hydrogens is 232 g/mol. The zero-order chi connectivity index (χ0) is 14.7. The molecule has 0 atom stereocenters. The monoisotopic (exact) mass is 270 g/mol. The Morgan fingerprint density at radius 2 is 1.32 bits per heavy atom. The molecule has 2 heteroatoms. The Hall–Kier alpha value is -0.0800. The maximum Gasteiger partial charge on any atom is 0.00385 e. The summed E-state index contributed by atoms with van der Waals surface area (Å²) < 4.78 is 0. The molecule has 0 aromatic carbocycles. The number of piperidine rings is 1. The molecule has 0 aromatic rings. The second kappa shape index (κ2) is 11.7. The maximum atomic E-state index is 2.68. The van der Waals surface area contributed by atoms with Crippen molar-refractivity contribution in [2.45, 2.75) is 73.3 Å². The molecule has 2 aliphatic rings. The van der Waals surface area contributed by atoms with Crippen LogP contribution >= 0.6 is 0 Å². The van der Waals surface area contributed by atoms with Gasteiger partial charge in [-0.3, -0.25) is 0 Å². The zero-order valence-electron chi connectivity index (χ0n) is 14.4. The van der Waals surface area contributed by atoms with Crippen LogP contribution in [0.25, 0.3) is 0 Å². The largest absolute Gasteiger partial charge is 0.303 e. The minimum Gasteiger partial charge on any atom is -0.303 e. The number of rotatable bonds is 3. The molecule has 19 heavy (non-hydrogen) atoms. The van der Waals surface area contributed by atoms with Crippen LogP contribution in [-0.4, -0.2) is 48.6 Å². The van der Waals surface area contributed by atoms with Gasteiger partial charge in [0.15, 0.2) is 0 Å². The molecule has 116 valence electrons. The van der Waals surface area contributed by atoms with Crippen LogP contribution in [0, 0.1) is 5.92 Å². The van der Waals surface area contributed by atoms with Crippen molar-refractivity contribution >= 4 is 0 Å². The van der Waals surface area contributed by atoms with E-state index in [1.807, 2.05) is 27.7 Å². The van der Waals surface area contributed by atoms with Crippen LogP contribution in [0.1, 0.15) is 67.2 Å². The molecule has 0 unspecified atom stereocenters. The van der Waals surface area contributed by atoms with E-state index >= 15 is 0 Å². The highest BCUT2D eigenvalue weighted by atomic mass is 15.2. The van der Waals surface area contributed by atoms with Crippen LogP contribution in [0.2, 0.25) is 0 Å². The summed E-state index contributed by atoms with van der Waals surface area (Å²) in [5, 5.41) is 0. The Bertz CT molecular complexity index is 178. The van der Waals surface area contributed by atoms with Crippen LogP contribution < -0.4 is 0 Å². The van der Waals surface area contributed by atoms with Crippen molar-refractivity contribution in [2.24, 2.45) is 5.92 Å². The third kappa shape index (κ3) is 7.31. The van der Waals surface area contributed by atoms with Gasteiger partial charge in [0.25, 0.3) is 0 Å². The first-order chi connectivity index (χ1) is 9.25. The van der Waals surface area contributed by atoms with Crippen molar-refractivity contribution in [1.29, 1.82) is 0 Å². The van der Waals surface area contributed by atoms with E-state index in [0.29, 0.717) is 0 Å². The first-order valence-electron chi connectivity index (χ1n) is 8.72. The Morgan fingerprint density at radius 3 is 1.74 bits per heavy atom. The summed E-state index contributed by atoms with van der Waals surface area (Å²) in [6.07, 6.45) is 5.72. The lowest BCUT2D eigenvalue weighted by Gasteiger charge is -2.36. The van der Waals surface area contributed by atoms with E-state index in [4.69, 9.17) is 0 Å². The highest BCUT2D eigenvalue weighted by Crippen LogP contribution is 2.21. The Labute approximate surface area is 122 Å². The lowest BCUT2D eigenvalue weighted by atomic mass is 9.95. The Balaban J connectivity index is 0.000000741. The van der Waals surface area contributed by atoms with Crippen molar-refractivity contribution in [3.63, 3.8) is 0 Å². The van der Waals surface area contributed by atoms with Crippen LogP contribution in [0.4, 0.5) is 0 Å². The summed E-state index contributed by atoms with van der Waals surface area (Å²) in [4.78, 5) is 5.30. The fourth-order valence-electron chi connectivity index (χ4n) is 2.98. The average molecular weight is 271 g/mol. The molecular formula is C17H38N2. The topological polar surface area (TPSA) is 6.48 Å². The van der Waals surface area contributed by atoms with Gasteiger partial charge in [0.05, 0.1) is 0 Å². The molecule has 2 fully saturated rings. The first-order valence-corrected chi connectivity index (χ1v) is 8.72. The van der Waals surface area contributed by atoms with Gasteiger partial charge in [-0.05, 0) is 71.6 Å². The minimum atomic E-state index is 0.748. The second-order valence-corrected chi connectivity index (χ2v) is 5.58. The van der Waals surface area contributed by atoms with E-state index < -0.39 is 0 Å². The van der Waals surface area contributed by atoms with E-state index in [2.05, 4.69) is 23.6 Å². The molecule has 0 N–H and O–H groups in total. The molecule has 0 bridgehead atoms. The lowest BCUT2D eigenvalue weighted by Crippen LogP contribution is -2.41. The summed E-state index contributed by atoms with van der Waals surface area (Å²) in [7, 11) is 0. The number of hydrogen-bond acceptors (Lipinski definition) is 2. The molecule has 2 aliphatic heterocycles. The predicted molar refractivity (Wildman–Crippen MR) is 87.8 cm³/mol. The fraction of sp³-hybridized carbons (Fsp3) is 1.00. The molecule has 0 aliphatic carbocycles. The zero-order valence-corrected chi connectivity index (χ0v) is 14.4. The van der Waals surface area contributed by atoms with Crippen molar-refractivity contribution in [3.8, 4) is 0 Å². The van der Waals surface area contributed by atoms with Crippen molar-refractivity contribution in [3.05, 3.63) is 0 Å². The highest BCUT2D eigenvalue weighted by molar-refractivity contribution is 4.78. The average Bonchev–Trinajstić information content (AvgIpc) is 2.97. The van der Waals surface area contributed by atoms with Gasteiger partial charge in [0, 0.05) is 12.6 Å². The van der Waals surface area contributed by atoms with Crippen LogP contribution in [0.3, 0.4) is 0 Å². The molecule has 0 amide bonds. The lowest BCUT2D eigenvalue weighted by molar-refractivity contribution is 0.129. The normalized spacial score (nSPS) is 21.6. The van der Waals surface area contributed by atoms with Gasteiger partial charge in [0.2, 0.25) is 0 Å². The van der Waals surface area contributed by atoms with Gasteiger partial charge in [0.1, 0.15) is 0 Å². The second-order valence-electron chi connectivity index (χ2n) is 5.58. The van der Waals surface area contributed by atoms with Crippen molar-refractivity contribution < 1.29 is 0 Å². The van der Waals surface area contributed by atoms with E-state index in [-0.39, 0.29) is 0 Å². The van der Waals surface area contributed by atoms with Gasteiger partial charge in [-0.2, -0.15) is 0 Å². The fourth-order valence-corrected chi connectivity index (χ4v) is 2.98. The first kappa shape index (κ1) is 18.9. The van der Waals surface area contributed by atoms with Crippen LogP contribution in [-0.2, 0) is 0 Å². The molecule has 2 rings (SSSR count). The highest BCUT2D eigenvalue weighted by Gasteiger charge is 2.23. The van der Waals surface area contributed by atoms with E-state index in [1.54, 1.807) is 0 Å². The standard InChI is InChI=1S/C13H26N2.2C2H6/c1-12(2)15-9-5-13(6-10-15)11-14-7-3-4-8-14;2*1-2/h12-13H,3-11H2,1-2H3;2*1-2H3. The van der Waals surface area contributed by atoms with Crippen LogP contribution in [0.15, 0.2) is 0 Å². The Kier molecular flexibility index (Phi) is 11.7. The number of hydrogen-bond donors (Lipinski definition) is 0. The van der Waals surface area contributed by atoms with Crippen molar-refractivity contribution in [2.75, 3.05) is 32.7 Å². The smallest absolute Gasteiger partial charge is 0.00385 e. The minimum absolute atomic E-state index is 0.748. The quantitative estimate of drug-likeness (QED) is 0.756. The van der Waals surface area contributed by atoms with E-state index in [0.717, 1.165) is 12.0 Å². The van der Waals surface area contributed by atoms with Gasteiger partial charge in [-0.15, -0.1) is 0 Å². The SMILES string of the molecule is CC.CC.CC(C)N1CCC(CN2CCCC2)CC1. The Morgan fingerprint density at radius 1 is 0.842 bits per heavy atom. The molecule has 2 saturated heterocycles. The summed E-state index contributed by atoms with van der Waals surface area (Å²) in [5.41, 5.74) is 0. The van der Waals surface area contributed by atoms with E-state index in [1.165, 1.54) is 58.4 Å². The number of likely N-dealkylation sites (tertiary alicyclic amines) is 2. The third-order valence-electron chi connectivity index (χ3n) is 4.09. The van der Waals surface area contributed by atoms with Gasteiger partial charge in [-0.25, -0.2) is 0 Å². The molecule has 2 nitrogen and oxygen atoms in total. The molecule has 2 heterocycles. The summed E-state index contributed by atoms with van der Waals surface area (Å²) >= 11 is 0. The maximum absolute atomic E-state index is 2.68. The van der Waals surface area contributed by atoms with Gasteiger partial charge >= 0.3 is 0 Å². The van der Waals surface area contributed by atoms with Crippen LogP contribution in [0.5, 0.6) is 0 Å². The summed E-state index contributed by atoms with van der Waals surface area (Å²) in [5.74, 6) is 0.984. The molecule has 0 saturated carbocycles.